The van der Waals surface area contributed by atoms with Crippen molar-refractivity contribution >= 4 is 29.5 Å². The summed E-state index contributed by atoms with van der Waals surface area (Å²) < 4.78 is 12.1. The van der Waals surface area contributed by atoms with E-state index in [0.717, 1.165) is 31.2 Å². The molecule has 1 fully saturated rings. The molecule has 1 aromatic carbocycles. The van der Waals surface area contributed by atoms with Crippen LogP contribution >= 0.6 is 11.6 Å². The molecule has 0 radical (unpaired) electrons. The normalized spacial score (nSPS) is 19.1. The highest BCUT2D eigenvalue weighted by molar-refractivity contribution is 6.30. The van der Waals surface area contributed by atoms with Crippen LogP contribution in [0.4, 0.5) is 5.95 Å². The van der Waals surface area contributed by atoms with Gasteiger partial charge in [0.25, 0.3) is 5.82 Å². The molecule has 1 aliphatic carbocycles. The van der Waals surface area contributed by atoms with Crippen LogP contribution in [0, 0.1) is 0 Å². The minimum absolute atomic E-state index is 0.0832. The Morgan fingerprint density at radius 3 is 2.50 bits per heavy atom. The van der Waals surface area contributed by atoms with Crippen LogP contribution in [-0.4, -0.2) is 39.9 Å². The number of hydrogen-bond donors (Lipinski definition) is 1. The van der Waals surface area contributed by atoms with Crippen LogP contribution in [0.3, 0.4) is 0 Å². The fourth-order valence-corrected chi connectivity index (χ4v) is 4.07. The largest absolute Gasteiger partial charge is 0.463 e. The lowest BCUT2D eigenvalue weighted by atomic mass is 9.95. The molecule has 0 bridgehead atoms. The number of nitrogens with one attached hydrogen (secondary N) is 1. The lowest BCUT2D eigenvalue weighted by molar-refractivity contribution is -0.146. The second-order valence-electron chi connectivity index (χ2n) is 7.48. The third-order valence-corrected chi connectivity index (χ3v) is 5.70. The number of methoxy groups -OCH3 is 1. The van der Waals surface area contributed by atoms with Crippen LogP contribution in [0.2, 0.25) is 5.02 Å². The second-order valence-corrected chi connectivity index (χ2v) is 7.91. The second kappa shape index (κ2) is 8.47. The monoisotopic (exact) mass is 430 g/mol. The standard InChI is InChI=1S/C21H23ClN4O4/c1-12-16(19(27)30-15-6-4-3-5-7-15)17(13-8-10-14(22)11-9-13)26-21(23-12)24-18(25-26)20(28)29-2/h8-11,15,17H,3-7H2,1-2H3,(H,23,24,25)/t17-/m1/s1. The van der Waals surface area contributed by atoms with Crippen LogP contribution in [-0.2, 0) is 14.3 Å². The summed E-state index contributed by atoms with van der Waals surface area (Å²) in [5.74, 6) is -0.791. The van der Waals surface area contributed by atoms with Gasteiger partial charge < -0.3 is 14.8 Å². The topological polar surface area (TPSA) is 95.3 Å². The molecule has 0 spiro atoms. The summed E-state index contributed by atoms with van der Waals surface area (Å²) in [7, 11) is 1.27. The maximum atomic E-state index is 13.2. The number of fused-ring (bicyclic) bond motifs is 1. The number of hydrogen-bond acceptors (Lipinski definition) is 7. The quantitative estimate of drug-likeness (QED) is 0.735. The van der Waals surface area contributed by atoms with Crippen LogP contribution < -0.4 is 5.32 Å². The van der Waals surface area contributed by atoms with Crippen LogP contribution in [0.5, 0.6) is 0 Å². The molecule has 1 N–H and O–H groups in total. The van der Waals surface area contributed by atoms with Crippen molar-refractivity contribution in [1.82, 2.24) is 14.8 Å². The summed E-state index contributed by atoms with van der Waals surface area (Å²) in [6.45, 7) is 1.79. The fourth-order valence-electron chi connectivity index (χ4n) is 3.94. The van der Waals surface area contributed by atoms with Crippen molar-refractivity contribution in [1.29, 1.82) is 0 Å². The number of anilines is 1. The van der Waals surface area contributed by atoms with Gasteiger partial charge in [0.1, 0.15) is 12.1 Å². The molecule has 0 saturated heterocycles. The van der Waals surface area contributed by atoms with Crippen LogP contribution in [0.15, 0.2) is 35.5 Å². The first kappa shape index (κ1) is 20.4. The lowest BCUT2D eigenvalue weighted by Gasteiger charge is -2.30. The first-order valence-corrected chi connectivity index (χ1v) is 10.3. The van der Waals surface area contributed by atoms with Crippen molar-refractivity contribution in [3.63, 3.8) is 0 Å². The number of allylic oxidation sites excluding steroid dienone is 1. The zero-order valence-corrected chi connectivity index (χ0v) is 17.6. The van der Waals surface area contributed by atoms with E-state index in [2.05, 4.69) is 15.4 Å². The molecule has 0 amide bonds. The van der Waals surface area contributed by atoms with Gasteiger partial charge in [-0.1, -0.05) is 30.2 Å². The molecule has 1 aliphatic heterocycles. The predicted octanol–water partition coefficient (Wildman–Crippen LogP) is 3.88. The molecule has 4 rings (SSSR count). The fraction of sp³-hybridized carbons (Fsp3) is 0.429. The van der Waals surface area contributed by atoms with E-state index in [1.165, 1.54) is 18.2 Å². The minimum atomic E-state index is -0.655. The number of esters is 2. The van der Waals surface area contributed by atoms with Gasteiger partial charge in [-0.05, 0) is 50.3 Å². The molecule has 1 saturated carbocycles. The van der Waals surface area contributed by atoms with E-state index < -0.39 is 18.0 Å². The predicted molar refractivity (Wildman–Crippen MR) is 110 cm³/mol. The maximum Gasteiger partial charge on any atom is 0.378 e. The Hall–Kier alpha value is -2.87. The highest BCUT2D eigenvalue weighted by atomic mass is 35.5. The van der Waals surface area contributed by atoms with Crippen molar-refractivity contribution in [2.24, 2.45) is 0 Å². The molecule has 8 nitrogen and oxygen atoms in total. The van der Waals surface area contributed by atoms with E-state index >= 15 is 0 Å². The third-order valence-electron chi connectivity index (χ3n) is 5.45. The Morgan fingerprint density at radius 1 is 1.13 bits per heavy atom. The Morgan fingerprint density at radius 2 is 1.83 bits per heavy atom. The van der Waals surface area contributed by atoms with Crippen molar-refractivity contribution in [2.75, 3.05) is 12.4 Å². The summed E-state index contributed by atoms with van der Waals surface area (Å²) in [4.78, 5) is 29.4. The van der Waals surface area contributed by atoms with E-state index in [4.69, 9.17) is 21.1 Å². The molecular weight excluding hydrogens is 408 g/mol. The molecule has 9 heteroatoms. The van der Waals surface area contributed by atoms with E-state index in [1.807, 2.05) is 12.1 Å². The Kier molecular flexibility index (Phi) is 5.76. The summed E-state index contributed by atoms with van der Waals surface area (Å²) >= 11 is 6.06. The first-order valence-electron chi connectivity index (χ1n) is 9.97. The first-order chi connectivity index (χ1) is 14.5. The van der Waals surface area contributed by atoms with Crippen molar-refractivity contribution in [3.8, 4) is 0 Å². The van der Waals surface area contributed by atoms with Gasteiger partial charge in [0.05, 0.1) is 12.7 Å². The molecule has 1 aromatic heterocycles. The van der Waals surface area contributed by atoms with Gasteiger partial charge in [0.15, 0.2) is 0 Å². The van der Waals surface area contributed by atoms with Gasteiger partial charge in [0.2, 0.25) is 5.95 Å². The molecule has 2 heterocycles. The number of halogens is 1. The number of benzene rings is 1. The van der Waals surface area contributed by atoms with E-state index in [9.17, 15) is 9.59 Å². The number of rotatable bonds is 4. The summed E-state index contributed by atoms with van der Waals surface area (Å²) in [5.41, 5.74) is 1.81. The van der Waals surface area contributed by atoms with Gasteiger partial charge in [-0.25, -0.2) is 14.3 Å². The molecule has 30 heavy (non-hydrogen) atoms. The number of carbonyl (C=O) groups excluding carboxylic acids is 2. The van der Waals surface area contributed by atoms with Gasteiger partial charge in [-0.3, -0.25) is 0 Å². The Balaban J connectivity index is 1.74. The van der Waals surface area contributed by atoms with E-state index in [-0.39, 0.29) is 11.9 Å². The molecule has 0 unspecified atom stereocenters. The molecular formula is C21H23ClN4O4. The van der Waals surface area contributed by atoms with Gasteiger partial charge in [-0.15, -0.1) is 5.10 Å². The summed E-state index contributed by atoms with van der Waals surface area (Å²) in [6, 6.07) is 6.53. The van der Waals surface area contributed by atoms with Gasteiger partial charge >= 0.3 is 11.9 Å². The van der Waals surface area contributed by atoms with E-state index in [0.29, 0.717) is 22.2 Å². The maximum absolute atomic E-state index is 13.2. The number of nitrogens with zero attached hydrogens (tertiary/aromatic N) is 3. The molecule has 1 atom stereocenters. The smallest absolute Gasteiger partial charge is 0.378 e. The average Bonchev–Trinajstić information content (AvgIpc) is 3.17. The average molecular weight is 431 g/mol. The minimum Gasteiger partial charge on any atom is -0.463 e. The zero-order valence-electron chi connectivity index (χ0n) is 16.9. The highest BCUT2D eigenvalue weighted by Crippen LogP contribution is 2.37. The molecule has 2 aliphatic rings. The van der Waals surface area contributed by atoms with Crippen molar-refractivity contribution in [3.05, 3.63) is 51.9 Å². The third kappa shape index (κ3) is 3.92. The van der Waals surface area contributed by atoms with Crippen LogP contribution in [0.1, 0.15) is 61.3 Å². The number of ether oxygens (including phenoxy) is 2. The zero-order chi connectivity index (χ0) is 21.3. The summed E-state index contributed by atoms with van der Waals surface area (Å²) in [6.07, 6.45) is 4.95. The SMILES string of the molecule is COC(=O)c1nc2n(n1)[C@H](c1ccc(Cl)cc1)C(C(=O)OC1CCCCC1)=C(C)N2. The summed E-state index contributed by atoms with van der Waals surface area (Å²) in [5, 5.41) is 7.96. The highest BCUT2D eigenvalue weighted by Gasteiger charge is 2.37. The number of aromatic nitrogens is 3. The van der Waals surface area contributed by atoms with Crippen molar-refractivity contribution in [2.45, 2.75) is 51.2 Å². The van der Waals surface area contributed by atoms with Crippen LogP contribution in [0.25, 0.3) is 0 Å². The number of carbonyl (C=O) groups is 2. The van der Waals surface area contributed by atoms with Gasteiger partial charge in [0, 0.05) is 10.7 Å². The van der Waals surface area contributed by atoms with E-state index in [1.54, 1.807) is 19.1 Å². The molecule has 2 aromatic rings. The Labute approximate surface area is 179 Å². The lowest BCUT2D eigenvalue weighted by Crippen LogP contribution is -2.32. The van der Waals surface area contributed by atoms with Crippen molar-refractivity contribution < 1.29 is 19.1 Å². The molecule has 158 valence electrons. The van der Waals surface area contributed by atoms with Gasteiger partial charge in [-0.2, -0.15) is 4.98 Å². The Bertz CT molecular complexity index is 993.